The van der Waals surface area contributed by atoms with Crippen molar-refractivity contribution >= 4 is 11.6 Å². The lowest BCUT2D eigenvalue weighted by atomic mass is 9.85. The standard InChI is InChI=1S/C24H26ClN3O2/c1-24(2,3)19-6-4-5-16(21(19)29)13-28-12-11-20-18(14-28)23(30)27-22(26-20)15-7-9-17(25)10-8-15/h4-10,29H,11-14H2,1-3H3,(H,26,27,30). The molecule has 0 amide bonds. The Hall–Kier alpha value is -2.63. The van der Waals surface area contributed by atoms with Gasteiger partial charge in [-0.25, -0.2) is 4.98 Å². The van der Waals surface area contributed by atoms with Gasteiger partial charge < -0.3 is 10.1 Å². The fourth-order valence-corrected chi connectivity index (χ4v) is 4.05. The van der Waals surface area contributed by atoms with E-state index in [9.17, 15) is 9.90 Å². The number of fused-ring (bicyclic) bond motifs is 1. The largest absolute Gasteiger partial charge is 0.507 e. The molecule has 0 bridgehead atoms. The molecule has 0 spiro atoms. The van der Waals surface area contributed by atoms with Gasteiger partial charge in [-0.1, -0.05) is 50.6 Å². The maximum absolute atomic E-state index is 12.8. The summed E-state index contributed by atoms with van der Waals surface area (Å²) in [5.41, 5.74) is 3.96. The van der Waals surface area contributed by atoms with Crippen LogP contribution in [0.5, 0.6) is 5.75 Å². The predicted molar refractivity (Wildman–Crippen MR) is 120 cm³/mol. The number of hydrogen-bond donors (Lipinski definition) is 2. The Morgan fingerprint density at radius 1 is 1.17 bits per heavy atom. The number of rotatable bonds is 3. The third-order valence-electron chi connectivity index (χ3n) is 5.59. The zero-order valence-electron chi connectivity index (χ0n) is 17.5. The van der Waals surface area contributed by atoms with Gasteiger partial charge >= 0.3 is 0 Å². The van der Waals surface area contributed by atoms with E-state index in [4.69, 9.17) is 16.6 Å². The molecule has 5 nitrogen and oxygen atoms in total. The molecule has 156 valence electrons. The highest BCUT2D eigenvalue weighted by Crippen LogP contribution is 2.34. The molecule has 4 rings (SSSR count). The highest BCUT2D eigenvalue weighted by Gasteiger charge is 2.24. The number of H-pyrrole nitrogens is 1. The van der Waals surface area contributed by atoms with Crippen LogP contribution in [0.3, 0.4) is 0 Å². The van der Waals surface area contributed by atoms with E-state index in [0.29, 0.717) is 41.7 Å². The Morgan fingerprint density at radius 3 is 2.60 bits per heavy atom. The first kappa shape index (κ1) is 20.6. The van der Waals surface area contributed by atoms with Crippen LogP contribution in [-0.2, 0) is 24.9 Å². The van der Waals surface area contributed by atoms with Gasteiger partial charge in [0.1, 0.15) is 11.6 Å². The molecule has 0 fully saturated rings. The summed E-state index contributed by atoms with van der Waals surface area (Å²) < 4.78 is 0. The number of hydrogen-bond acceptors (Lipinski definition) is 4. The molecule has 0 radical (unpaired) electrons. The Kier molecular flexibility index (Phi) is 5.43. The summed E-state index contributed by atoms with van der Waals surface area (Å²) in [5, 5.41) is 11.4. The van der Waals surface area contributed by atoms with E-state index in [1.165, 1.54) is 0 Å². The molecule has 0 saturated carbocycles. The Morgan fingerprint density at radius 2 is 1.90 bits per heavy atom. The van der Waals surface area contributed by atoms with Crippen molar-refractivity contribution in [2.24, 2.45) is 0 Å². The molecule has 1 aliphatic heterocycles. The van der Waals surface area contributed by atoms with E-state index in [0.717, 1.165) is 28.9 Å². The summed E-state index contributed by atoms with van der Waals surface area (Å²) in [5.74, 6) is 0.917. The Labute approximate surface area is 181 Å². The van der Waals surface area contributed by atoms with E-state index in [1.54, 1.807) is 12.1 Å². The highest BCUT2D eigenvalue weighted by molar-refractivity contribution is 6.30. The zero-order chi connectivity index (χ0) is 21.5. The van der Waals surface area contributed by atoms with Crippen LogP contribution in [0.4, 0.5) is 0 Å². The Bertz CT molecular complexity index is 1130. The van der Waals surface area contributed by atoms with Crippen LogP contribution < -0.4 is 5.56 Å². The molecule has 2 aromatic carbocycles. The predicted octanol–water partition coefficient (Wildman–Crippen LogP) is 4.65. The van der Waals surface area contributed by atoms with Crippen molar-refractivity contribution < 1.29 is 5.11 Å². The van der Waals surface area contributed by atoms with Crippen molar-refractivity contribution in [2.75, 3.05) is 6.54 Å². The number of phenols is 1. The Balaban J connectivity index is 1.58. The average Bonchev–Trinajstić information content (AvgIpc) is 2.69. The van der Waals surface area contributed by atoms with E-state index in [-0.39, 0.29) is 11.0 Å². The smallest absolute Gasteiger partial charge is 0.255 e. The number of aromatic hydroxyl groups is 1. The van der Waals surface area contributed by atoms with Crippen LogP contribution in [-0.4, -0.2) is 26.5 Å². The second kappa shape index (κ2) is 7.89. The van der Waals surface area contributed by atoms with Crippen LogP contribution in [0.2, 0.25) is 5.02 Å². The third-order valence-corrected chi connectivity index (χ3v) is 5.84. The molecule has 0 saturated heterocycles. The van der Waals surface area contributed by atoms with Gasteiger partial charge in [0.15, 0.2) is 0 Å². The van der Waals surface area contributed by atoms with Crippen LogP contribution >= 0.6 is 11.6 Å². The van der Waals surface area contributed by atoms with Gasteiger partial charge in [-0.3, -0.25) is 9.69 Å². The summed E-state index contributed by atoms with van der Waals surface area (Å²) in [6.07, 6.45) is 0.694. The molecule has 30 heavy (non-hydrogen) atoms. The summed E-state index contributed by atoms with van der Waals surface area (Å²) in [6.45, 7) is 8.15. The van der Waals surface area contributed by atoms with Gasteiger partial charge in [0.25, 0.3) is 5.56 Å². The number of aromatic amines is 1. The minimum atomic E-state index is -0.131. The SMILES string of the molecule is CC(C)(C)c1cccc(CN2CCc3nc(-c4ccc(Cl)cc4)[nH]c(=O)c3C2)c1O. The second-order valence-electron chi connectivity index (χ2n) is 8.87. The van der Waals surface area contributed by atoms with Crippen molar-refractivity contribution in [3.63, 3.8) is 0 Å². The van der Waals surface area contributed by atoms with Gasteiger partial charge in [-0.2, -0.15) is 0 Å². The van der Waals surface area contributed by atoms with Crippen molar-refractivity contribution in [1.29, 1.82) is 0 Å². The van der Waals surface area contributed by atoms with E-state index >= 15 is 0 Å². The lowest BCUT2D eigenvalue weighted by molar-refractivity contribution is 0.238. The number of nitrogens with zero attached hydrogens (tertiary/aromatic N) is 2. The van der Waals surface area contributed by atoms with Gasteiger partial charge in [-0.15, -0.1) is 0 Å². The summed E-state index contributed by atoms with van der Waals surface area (Å²) in [6, 6.07) is 13.2. The van der Waals surface area contributed by atoms with Gasteiger partial charge in [-0.05, 0) is 35.2 Å². The van der Waals surface area contributed by atoms with E-state index < -0.39 is 0 Å². The molecule has 0 aliphatic carbocycles. The number of para-hydroxylation sites is 1. The molecule has 0 atom stereocenters. The van der Waals surface area contributed by atoms with Crippen molar-refractivity contribution in [3.8, 4) is 17.1 Å². The minimum Gasteiger partial charge on any atom is -0.507 e. The third kappa shape index (κ3) is 4.13. The number of phenolic OH excluding ortho intramolecular Hbond substituents is 1. The van der Waals surface area contributed by atoms with Crippen LogP contribution in [0.15, 0.2) is 47.3 Å². The number of halogens is 1. The van der Waals surface area contributed by atoms with E-state index in [1.807, 2.05) is 30.3 Å². The molecular weight excluding hydrogens is 398 g/mol. The van der Waals surface area contributed by atoms with Crippen molar-refractivity contribution in [3.05, 3.63) is 80.2 Å². The fourth-order valence-electron chi connectivity index (χ4n) is 3.93. The first-order valence-electron chi connectivity index (χ1n) is 10.1. The second-order valence-corrected chi connectivity index (χ2v) is 9.31. The fraction of sp³-hybridized carbons (Fsp3) is 0.333. The summed E-state index contributed by atoms with van der Waals surface area (Å²) in [4.78, 5) is 22.6. The zero-order valence-corrected chi connectivity index (χ0v) is 18.3. The minimum absolute atomic E-state index is 0.109. The van der Waals surface area contributed by atoms with Gasteiger partial charge in [0.2, 0.25) is 0 Å². The molecule has 6 heteroatoms. The quantitative estimate of drug-likeness (QED) is 0.643. The molecule has 2 N–H and O–H groups in total. The summed E-state index contributed by atoms with van der Waals surface area (Å²) in [7, 11) is 0. The maximum Gasteiger partial charge on any atom is 0.255 e. The lowest BCUT2D eigenvalue weighted by Crippen LogP contribution is -2.35. The van der Waals surface area contributed by atoms with Crippen LogP contribution in [0, 0.1) is 0 Å². The molecular formula is C24H26ClN3O2. The summed E-state index contributed by atoms with van der Waals surface area (Å²) >= 11 is 5.96. The molecule has 1 aromatic heterocycles. The monoisotopic (exact) mass is 423 g/mol. The van der Waals surface area contributed by atoms with Gasteiger partial charge in [0.05, 0.1) is 11.3 Å². The number of benzene rings is 2. The number of aromatic nitrogens is 2. The lowest BCUT2D eigenvalue weighted by Gasteiger charge is -2.29. The number of nitrogens with one attached hydrogen (secondary N) is 1. The first-order chi connectivity index (χ1) is 14.2. The first-order valence-corrected chi connectivity index (χ1v) is 10.5. The van der Waals surface area contributed by atoms with E-state index in [2.05, 4.69) is 30.7 Å². The van der Waals surface area contributed by atoms with Gasteiger partial charge in [0, 0.05) is 42.2 Å². The molecule has 0 unspecified atom stereocenters. The topological polar surface area (TPSA) is 69.2 Å². The van der Waals surface area contributed by atoms with Crippen LogP contribution in [0.25, 0.3) is 11.4 Å². The van der Waals surface area contributed by atoms with Crippen molar-refractivity contribution in [1.82, 2.24) is 14.9 Å². The molecule has 2 heterocycles. The maximum atomic E-state index is 12.8. The normalized spacial score (nSPS) is 14.5. The molecule has 3 aromatic rings. The van der Waals surface area contributed by atoms with Crippen molar-refractivity contribution in [2.45, 2.75) is 45.7 Å². The average molecular weight is 424 g/mol. The van der Waals surface area contributed by atoms with Crippen LogP contribution in [0.1, 0.15) is 43.2 Å². The highest BCUT2D eigenvalue weighted by atomic mass is 35.5. The molecule has 1 aliphatic rings.